The van der Waals surface area contributed by atoms with Crippen LogP contribution in [0.4, 0.5) is 17.5 Å². The number of rotatable bonds is 6. The minimum absolute atomic E-state index is 0.835. The summed E-state index contributed by atoms with van der Waals surface area (Å²) < 4.78 is 5.39. The largest absolute Gasteiger partial charge is 0.379 e. The Hall–Kier alpha value is -2.45. The van der Waals surface area contributed by atoms with Crippen molar-refractivity contribution in [2.45, 2.75) is 0 Å². The van der Waals surface area contributed by atoms with Gasteiger partial charge in [-0.05, 0) is 12.1 Å². The van der Waals surface area contributed by atoms with Crippen LogP contribution >= 0.6 is 0 Å². The predicted molar refractivity (Wildman–Crippen MR) is 106 cm³/mol. The minimum atomic E-state index is 0.835. The van der Waals surface area contributed by atoms with E-state index in [4.69, 9.17) is 4.74 Å². The fourth-order valence-electron chi connectivity index (χ4n) is 3.49. The number of piperazine rings is 1. The summed E-state index contributed by atoms with van der Waals surface area (Å²) in [6.07, 6.45) is 3.50. The standard InChI is InChI=1S/C19H27N7O/c1-2-4-21-18(3-1)25-7-9-26(10-8-25)19-15-17(22-16-23-19)20-5-6-24-11-13-27-14-12-24/h1-4,15-16H,5-14H2,(H,20,22,23). The minimum Gasteiger partial charge on any atom is -0.379 e. The van der Waals surface area contributed by atoms with Gasteiger partial charge in [0.15, 0.2) is 0 Å². The second-order valence-corrected chi connectivity index (χ2v) is 6.80. The van der Waals surface area contributed by atoms with Gasteiger partial charge in [0.25, 0.3) is 0 Å². The summed E-state index contributed by atoms with van der Waals surface area (Å²) in [6, 6.07) is 8.11. The van der Waals surface area contributed by atoms with Gasteiger partial charge in [0.05, 0.1) is 13.2 Å². The number of ether oxygens (including phenoxy) is 1. The molecule has 8 heteroatoms. The molecular weight excluding hydrogens is 342 g/mol. The van der Waals surface area contributed by atoms with Crippen LogP contribution in [-0.4, -0.2) is 85.4 Å². The monoisotopic (exact) mass is 369 g/mol. The number of hydrogen-bond donors (Lipinski definition) is 1. The molecule has 2 aromatic heterocycles. The first-order chi connectivity index (χ1) is 13.4. The van der Waals surface area contributed by atoms with E-state index in [0.717, 1.165) is 83.0 Å². The first kappa shape index (κ1) is 17.9. The summed E-state index contributed by atoms with van der Waals surface area (Å²) >= 11 is 0. The fraction of sp³-hybridized carbons (Fsp3) is 0.526. The normalized spacial score (nSPS) is 18.5. The van der Waals surface area contributed by atoms with Crippen LogP contribution < -0.4 is 15.1 Å². The van der Waals surface area contributed by atoms with Crippen LogP contribution in [0.2, 0.25) is 0 Å². The fourth-order valence-corrected chi connectivity index (χ4v) is 3.49. The lowest BCUT2D eigenvalue weighted by Crippen LogP contribution is -2.47. The molecule has 2 aromatic rings. The maximum absolute atomic E-state index is 5.39. The molecule has 1 N–H and O–H groups in total. The summed E-state index contributed by atoms with van der Waals surface area (Å²) in [6.45, 7) is 9.33. The van der Waals surface area contributed by atoms with Gasteiger partial charge in [0, 0.05) is 64.6 Å². The molecule has 0 atom stereocenters. The molecule has 2 aliphatic rings. The lowest BCUT2D eigenvalue weighted by molar-refractivity contribution is 0.0398. The summed E-state index contributed by atoms with van der Waals surface area (Å²) in [5.41, 5.74) is 0. The van der Waals surface area contributed by atoms with Crippen LogP contribution in [0.25, 0.3) is 0 Å². The molecule has 27 heavy (non-hydrogen) atoms. The summed E-state index contributed by atoms with van der Waals surface area (Å²) in [5.74, 6) is 2.92. The van der Waals surface area contributed by atoms with Crippen LogP contribution in [0.15, 0.2) is 36.8 Å². The number of hydrogen-bond acceptors (Lipinski definition) is 8. The third-order valence-corrected chi connectivity index (χ3v) is 5.07. The van der Waals surface area contributed by atoms with Gasteiger partial charge in [-0.2, -0.15) is 0 Å². The van der Waals surface area contributed by atoms with E-state index in [-0.39, 0.29) is 0 Å². The maximum atomic E-state index is 5.39. The molecule has 4 heterocycles. The molecule has 0 amide bonds. The van der Waals surface area contributed by atoms with E-state index in [2.05, 4.69) is 47.1 Å². The van der Waals surface area contributed by atoms with Crippen LogP contribution in [0.1, 0.15) is 0 Å². The second kappa shape index (κ2) is 8.96. The van der Waals surface area contributed by atoms with Gasteiger partial charge in [-0.25, -0.2) is 15.0 Å². The van der Waals surface area contributed by atoms with Crippen LogP contribution in [0.5, 0.6) is 0 Å². The van der Waals surface area contributed by atoms with Gasteiger partial charge in [-0.1, -0.05) is 6.07 Å². The zero-order chi connectivity index (χ0) is 18.3. The Morgan fingerprint density at radius 2 is 1.67 bits per heavy atom. The van der Waals surface area contributed by atoms with Gasteiger partial charge in [-0.3, -0.25) is 4.90 Å². The van der Waals surface area contributed by atoms with Crippen molar-refractivity contribution in [1.82, 2.24) is 19.9 Å². The van der Waals surface area contributed by atoms with Crippen molar-refractivity contribution in [2.24, 2.45) is 0 Å². The van der Waals surface area contributed by atoms with Crippen molar-refractivity contribution in [1.29, 1.82) is 0 Å². The molecule has 0 unspecified atom stereocenters. The van der Waals surface area contributed by atoms with Gasteiger partial charge in [-0.15, -0.1) is 0 Å². The van der Waals surface area contributed by atoms with Gasteiger partial charge < -0.3 is 19.9 Å². The molecule has 2 fully saturated rings. The molecule has 4 rings (SSSR count). The Labute approximate surface area is 160 Å². The van der Waals surface area contributed by atoms with Gasteiger partial charge in [0.2, 0.25) is 0 Å². The number of pyridine rings is 1. The Kier molecular flexibility index (Phi) is 5.96. The SMILES string of the molecule is c1ccc(N2CCN(c3cc(NCCN4CCOCC4)ncn3)CC2)nc1. The van der Waals surface area contributed by atoms with Crippen molar-refractivity contribution in [3.63, 3.8) is 0 Å². The first-order valence-electron chi connectivity index (χ1n) is 9.65. The molecule has 144 valence electrons. The van der Waals surface area contributed by atoms with Gasteiger partial charge in [0.1, 0.15) is 23.8 Å². The third-order valence-electron chi connectivity index (χ3n) is 5.07. The van der Waals surface area contributed by atoms with E-state index >= 15 is 0 Å². The van der Waals surface area contributed by atoms with Crippen molar-refractivity contribution >= 4 is 17.5 Å². The molecule has 2 aliphatic heterocycles. The molecule has 0 saturated carbocycles. The van der Waals surface area contributed by atoms with Gasteiger partial charge >= 0.3 is 0 Å². The van der Waals surface area contributed by atoms with E-state index in [1.807, 2.05) is 18.3 Å². The lowest BCUT2D eigenvalue weighted by Gasteiger charge is -2.36. The first-order valence-corrected chi connectivity index (χ1v) is 9.65. The van der Waals surface area contributed by atoms with E-state index in [0.29, 0.717) is 0 Å². The summed E-state index contributed by atoms with van der Waals surface area (Å²) in [7, 11) is 0. The summed E-state index contributed by atoms with van der Waals surface area (Å²) in [4.78, 5) is 20.3. The highest BCUT2D eigenvalue weighted by Crippen LogP contribution is 2.18. The highest BCUT2D eigenvalue weighted by molar-refractivity contribution is 5.50. The Morgan fingerprint density at radius 3 is 2.41 bits per heavy atom. The molecular formula is C19H27N7O. The van der Waals surface area contributed by atoms with E-state index in [9.17, 15) is 0 Å². The summed E-state index contributed by atoms with van der Waals surface area (Å²) in [5, 5.41) is 3.43. The number of nitrogens with zero attached hydrogens (tertiary/aromatic N) is 6. The predicted octanol–water partition coefficient (Wildman–Crippen LogP) is 0.942. The van der Waals surface area contributed by atoms with Crippen LogP contribution in [0.3, 0.4) is 0 Å². The molecule has 2 saturated heterocycles. The smallest absolute Gasteiger partial charge is 0.134 e. The molecule has 0 aliphatic carbocycles. The average molecular weight is 369 g/mol. The average Bonchev–Trinajstić information content (AvgIpc) is 2.76. The molecule has 0 bridgehead atoms. The Morgan fingerprint density at radius 1 is 0.889 bits per heavy atom. The zero-order valence-electron chi connectivity index (χ0n) is 15.6. The maximum Gasteiger partial charge on any atom is 0.134 e. The van der Waals surface area contributed by atoms with Crippen molar-refractivity contribution in [3.8, 4) is 0 Å². The van der Waals surface area contributed by atoms with E-state index < -0.39 is 0 Å². The second-order valence-electron chi connectivity index (χ2n) is 6.80. The van der Waals surface area contributed by atoms with Crippen LogP contribution in [0, 0.1) is 0 Å². The zero-order valence-corrected chi connectivity index (χ0v) is 15.6. The molecule has 8 nitrogen and oxygen atoms in total. The number of morpholine rings is 1. The quantitative estimate of drug-likeness (QED) is 0.807. The number of nitrogens with one attached hydrogen (secondary N) is 1. The van der Waals surface area contributed by atoms with E-state index in [1.165, 1.54) is 0 Å². The van der Waals surface area contributed by atoms with Crippen LogP contribution in [-0.2, 0) is 4.74 Å². The Balaban J connectivity index is 1.27. The third kappa shape index (κ3) is 4.84. The highest BCUT2D eigenvalue weighted by Gasteiger charge is 2.19. The van der Waals surface area contributed by atoms with Crippen molar-refractivity contribution < 1.29 is 4.74 Å². The highest BCUT2D eigenvalue weighted by atomic mass is 16.5. The lowest BCUT2D eigenvalue weighted by atomic mass is 10.3. The molecule has 0 radical (unpaired) electrons. The number of anilines is 3. The van der Waals surface area contributed by atoms with Crippen molar-refractivity contribution in [3.05, 3.63) is 36.8 Å². The number of aromatic nitrogens is 3. The topological polar surface area (TPSA) is 69.7 Å². The molecule has 0 spiro atoms. The Bertz CT molecular complexity index is 700. The van der Waals surface area contributed by atoms with Crippen molar-refractivity contribution in [2.75, 3.05) is 80.7 Å². The molecule has 0 aromatic carbocycles. The van der Waals surface area contributed by atoms with E-state index in [1.54, 1.807) is 6.33 Å².